The largest absolute Gasteiger partial charge is 0.481 e. The van der Waals surface area contributed by atoms with Gasteiger partial charge < -0.3 is 9.84 Å². The number of unbranched alkanes of at least 4 members (excludes halogenated alkanes) is 1. The first-order valence-electron chi connectivity index (χ1n) is 6.07. The molecule has 0 aromatic rings. The maximum atomic E-state index is 11.4. The summed E-state index contributed by atoms with van der Waals surface area (Å²) in [5.41, 5.74) is 0.00263. The Morgan fingerprint density at radius 3 is 2.39 bits per heavy atom. The van der Waals surface area contributed by atoms with Gasteiger partial charge in [-0.3, -0.25) is 4.79 Å². The molecule has 0 radical (unpaired) electrons. The van der Waals surface area contributed by atoms with Gasteiger partial charge in [-0.25, -0.2) is 4.79 Å². The maximum absolute atomic E-state index is 11.4. The molecule has 0 aliphatic heterocycles. The first-order valence-corrected chi connectivity index (χ1v) is 6.07. The second-order valence-electron chi connectivity index (χ2n) is 4.19. The second-order valence-corrected chi connectivity index (χ2v) is 4.19. The summed E-state index contributed by atoms with van der Waals surface area (Å²) >= 11 is 0. The Balaban J connectivity index is 0. The monoisotopic (exact) mass is 306 g/mol. The predicted molar refractivity (Wildman–Crippen MR) is 65.7 cm³/mol. The number of rotatable bonds is 9. The zero-order valence-electron chi connectivity index (χ0n) is 11.4. The predicted octanol–water partition coefficient (Wildman–Crippen LogP) is 2.77. The minimum absolute atomic E-state index is 0. The molecule has 0 aromatic carbocycles. The SMILES string of the molecule is C=C(CC(=O)O)C(=O)OCC(CC)CCCC.[Zn]. The van der Waals surface area contributed by atoms with E-state index in [1.54, 1.807) is 0 Å². The fourth-order valence-electron chi connectivity index (χ4n) is 1.45. The van der Waals surface area contributed by atoms with Gasteiger partial charge in [0.25, 0.3) is 0 Å². The van der Waals surface area contributed by atoms with Gasteiger partial charge >= 0.3 is 11.9 Å². The van der Waals surface area contributed by atoms with Gasteiger partial charge in [-0.1, -0.05) is 39.7 Å². The van der Waals surface area contributed by atoms with Crippen molar-refractivity contribution in [1.82, 2.24) is 0 Å². The Bertz CT molecular complexity index is 276. The third-order valence-corrected chi connectivity index (χ3v) is 2.65. The van der Waals surface area contributed by atoms with E-state index >= 15 is 0 Å². The molecule has 0 saturated carbocycles. The first kappa shape index (κ1) is 19.6. The molecule has 0 saturated heterocycles. The second kappa shape index (κ2) is 11.4. The molecule has 0 aliphatic rings. The summed E-state index contributed by atoms with van der Waals surface area (Å²) in [4.78, 5) is 21.8. The van der Waals surface area contributed by atoms with E-state index in [1.165, 1.54) is 0 Å². The van der Waals surface area contributed by atoms with E-state index in [0.29, 0.717) is 12.5 Å². The zero-order chi connectivity index (χ0) is 13.3. The van der Waals surface area contributed by atoms with Crippen LogP contribution in [0.2, 0.25) is 0 Å². The minimum atomic E-state index is -1.06. The molecule has 1 atom stereocenters. The molecule has 18 heavy (non-hydrogen) atoms. The summed E-state index contributed by atoms with van der Waals surface area (Å²) in [6.45, 7) is 7.93. The average Bonchev–Trinajstić information content (AvgIpc) is 2.28. The Kier molecular flexibility index (Phi) is 12.4. The standard InChI is InChI=1S/C13H22O4.Zn/c1-4-6-7-11(5-2)9-17-13(16)10(3)8-12(14)15;/h11H,3-9H2,1-2H3,(H,14,15);. The van der Waals surface area contributed by atoms with Crippen LogP contribution >= 0.6 is 0 Å². The van der Waals surface area contributed by atoms with E-state index < -0.39 is 11.9 Å². The number of aliphatic carboxylic acids is 1. The Labute approximate surface area is 122 Å². The molecule has 5 heteroatoms. The summed E-state index contributed by atoms with van der Waals surface area (Å²) in [5.74, 6) is -1.30. The quantitative estimate of drug-likeness (QED) is 0.404. The summed E-state index contributed by atoms with van der Waals surface area (Å²) in [7, 11) is 0. The molecule has 0 aliphatic carbocycles. The molecule has 1 unspecified atom stereocenters. The smallest absolute Gasteiger partial charge is 0.333 e. The number of carbonyl (C=O) groups is 2. The summed E-state index contributed by atoms with van der Waals surface area (Å²) in [6.07, 6.45) is 3.87. The van der Waals surface area contributed by atoms with Crippen LogP contribution in [0.4, 0.5) is 0 Å². The fraction of sp³-hybridized carbons (Fsp3) is 0.692. The molecule has 0 heterocycles. The van der Waals surface area contributed by atoms with Gasteiger partial charge in [-0.05, 0) is 12.3 Å². The van der Waals surface area contributed by atoms with Crippen molar-refractivity contribution in [3.8, 4) is 0 Å². The van der Waals surface area contributed by atoms with E-state index in [2.05, 4.69) is 20.4 Å². The van der Waals surface area contributed by atoms with Crippen LogP contribution in [0.1, 0.15) is 46.0 Å². The van der Waals surface area contributed by atoms with Gasteiger partial charge in [-0.15, -0.1) is 0 Å². The van der Waals surface area contributed by atoms with Crippen molar-refractivity contribution >= 4 is 11.9 Å². The normalized spacial score (nSPS) is 11.2. The average molecular weight is 308 g/mol. The first-order chi connectivity index (χ1) is 8.01. The van der Waals surface area contributed by atoms with Gasteiger partial charge in [-0.2, -0.15) is 0 Å². The van der Waals surface area contributed by atoms with Crippen LogP contribution in [-0.4, -0.2) is 23.7 Å². The van der Waals surface area contributed by atoms with Crippen molar-refractivity contribution in [2.45, 2.75) is 46.0 Å². The third kappa shape index (κ3) is 9.35. The van der Waals surface area contributed by atoms with E-state index in [1.807, 2.05) is 0 Å². The van der Waals surface area contributed by atoms with Gasteiger partial charge in [0.2, 0.25) is 0 Å². The third-order valence-electron chi connectivity index (χ3n) is 2.65. The number of carboxylic acid groups (broad SMARTS) is 1. The van der Waals surface area contributed by atoms with Gasteiger partial charge in [0.1, 0.15) is 0 Å². The van der Waals surface area contributed by atoms with Crippen LogP contribution < -0.4 is 0 Å². The van der Waals surface area contributed by atoms with Crippen LogP contribution in [0.15, 0.2) is 12.2 Å². The van der Waals surface area contributed by atoms with Crippen molar-refractivity contribution in [3.63, 3.8) is 0 Å². The van der Waals surface area contributed by atoms with E-state index in [0.717, 1.165) is 25.7 Å². The van der Waals surface area contributed by atoms with Crippen molar-refractivity contribution in [2.24, 2.45) is 5.92 Å². The van der Waals surface area contributed by atoms with Crippen LogP contribution in [0.5, 0.6) is 0 Å². The van der Waals surface area contributed by atoms with E-state index in [4.69, 9.17) is 9.84 Å². The number of hydrogen-bond acceptors (Lipinski definition) is 3. The minimum Gasteiger partial charge on any atom is -0.481 e. The molecule has 0 rings (SSSR count). The van der Waals surface area contributed by atoms with Crippen molar-refractivity contribution < 1.29 is 38.9 Å². The Morgan fingerprint density at radius 2 is 1.94 bits per heavy atom. The number of carbonyl (C=O) groups excluding carboxylic acids is 1. The topological polar surface area (TPSA) is 63.6 Å². The van der Waals surface area contributed by atoms with Gasteiger partial charge in [0.05, 0.1) is 13.0 Å². The molecule has 0 bridgehead atoms. The fourth-order valence-corrected chi connectivity index (χ4v) is 1.45. The summed E-state index contributed by atoms with van der Waals surface area (Å²) in [6, 6.07) is 0. The Hall–Kier alpha value is -0.697. The molecule has 0 aromatic heterocycles. The van der Waals surface area contributed by atoms with Crippen molar-refractivity contribution in [3.05, 3.63) is 12.2 Å². The number of hydrogen-bond donors (Lipinski definition) is 1. The van der Waals surface area contributed by atoms with E-state index in [9.17, 15) is 9.59 Å². The molecule has 0 spiro atoms. The molecular formula is C13H22O4Zn. The van der Waals surface area contributed by atoms with Gasteiger partial charge in [0.15, 0.2) is 0 Å². The van der Waals surface area contributed by atoms with Crippen LogP contribution in [0.3, 0.4) is 0 Å². The molecular weight excluding hydrogens is 286 g/mol. The summed E-state index contributed by atoms with van der Waals surface area (Å²) in [5, 5.41) is 8.50. The number of carboxylic acids is 1. The van der Waals surface area contributed by atoms with Crippen LogP contribution in [0, 0.1) is 5.92 Å². The number of ether oxygens (including phenoxy) is 1. The van der Waals surface area contributed by atoms with Crippen LogP contribution in [-0.2, 0) is 33.8 Å². The molecule has 100 valence electrons. The van der Waals surface area contributed by atoms with Gasteiger partial charge in [0, 0.05) is 25.1 Å². The maximum Gasteiger partial charge on any atom is 0.333 e. The molecule has 4 nitrogen and oxygen atoms in total. The Morgan fingerprint density at radius 1 is 1.33 bits per heavy atom. The molecule has 0 fully saturated rings. The van der Waals surface area contributed by atoms with Crippen molar-refractivity contribution in [2.75, 3.05) is 6.61 Å². The zero-order valence-corrected chi connectivity index (χ0v) is 14.4. The van der Waals surface area contributed by atoms with Crippen molar-refractivity contribution in [1.29, 1.82) is 0 Å². The molecule has 0 amide bonds. The molecule has 1 N–H and O–H groups in total. The van der Waals surface area contributed by atoms with Crippen LogP contribution in [0.25, 0.3) is 0 Å². The number of esters is 1. The van der Waals surface area contributed by atoms with E-state index in [-0.39, 0.29) is 31.5 Å². The summed E-state index contributed by atoms with van der Waals surface area (Å²) < 4.78 is 5.05.